The van der Waals surface area contributed by atoms with Gasteiger partial charge >= 0.3 is 6.03 Å². The van der Waals surface area contributed by atoms with Gasteiger partial charge < -0.3 is 15.1 Å². The molecule has 1 fully saturated rings. The number of aryl methyl sites for hydroxylation is 1. The van der Waals surface area contributed by atoms with E-state index in [2.05, 4.69) is 40.6 Å². The molecule has 1 saturated carbocycles. The molecule has 0 unspecified atom stereocenters. The summed E-state index contributed by atoms with van der Waals surface area (Å²) in [6.07, 6.45) is 8.77. The lowest BCUT2D eigenvalue weighted by Crippen LogP contribution is -2.34. The van der Waals surface area contributed by atoms with Crippen LogP contribution in [0.15, 0.2) is 59.2 Å². The van der Waals surface area contributed by atoms with Gasteiger partial charge in [-0.25, -0.2) is 9.78 Å². The summed E-state index contributed by atoms with van der Waals surface area (Å²) >= 11 is 0. The molecule has 4 rings (SSSR count). The smallest absolute Gasteiger partial charge is 0.319 e. The number of urea groups is 1. The zero-order chi connectivity index (χ0) is 23.0. The predicted octanol–water partition coefficient (Wildman–Crippen LogP) is 5.78. The third-order valence-electron chi connectivity index (χ3n) is 6.40. The van der Waals surface area contributed by atoms with E-state index in [1.165, 1.54) is 37.7 Å². The third-order valence-corrected chi connectivity index (χ3v) is 6.40. The van der Waals surface area contributed by atoms with E-state index in [0.717, 1.165) is 29.1 Å². The van der Waals surface area contributed by atoms with Gasteiger partial charge in [-0.2, -0.15) is 0 Å². The number of oxazole rings is 1. The van der Waals surface area contributed by atoms with E-state index in [1.54, 1.807) is 6.26 Å². The number of aromatic nitrogens is 1. The summed E-state index contributed by atoms with van der Waals surface area (Å²) in [7, 11) is 2.19. The van der Waals surface area contributed by atoms with Crippen molar-refractivity contribution >= 4 is 11.7 Å². The molecule has 1 aromatic heterocycles. The van der Waals surface area contributed by atoms with E-state index in [0.29, 0.717) is 24.9 Å². The molecule has 1 heterocycles. The summed E-state index contributed by atoms with van der Waals surface area (Å²) in [6, 6.07) is 16.6. The Morgan fingerprint density at radius 3 is 2.64 bits per heavy atom. The highest BCUT2D eigenvalue weighted by molar-refractivity contribution is 5.90. The molecule has 0 aliphatic heterocycles. The molecule has 1 aliphatic carbocycles. The Labute approximate surface area is 196 Å². The molecule has 174 valence electrons. The van der Waals surface area contributed by atoms with Crippen LogP contribution in [0.2, 0.25) is 0 Å². The number of nitrogens with zero attached hydrogens (tertiary/aromatic N) is 2. The summed E-state index contributed by atoms with van der Waals surface area (Å²) in [5, 5.41) is 5.96. The maximum absolute atomic E-state index is 12.5. The number of para-hydroxylation sites is 1. The van der Waals surface area contributed by atoms with Crippen LogP contribution in [0.4, 0.5) is 10.5 Å². The molecule has 6 nitrogen and oxygen atoms in total. The number of hydrogen-bond donors (Lipinski definition) is 2. The van der Waals surface area contributed by atoms with Gasteiger partial charge in [-0.3, -0.25) is 4.90 Å². The molecule has 2 aromatic carbocycles. The minimum absolute atomic E-state index is 0.204. The van der Waals surface area contributed by atoms with Crippen LogP contribution in [-0.4, -0.2) is 35.5 Å². The fourth-order valence-electron chi connectivity index (χ4n) is 4.42. The lowest BCUT2D eigenvalue weighted by atomic mass is 9.94. The quantitative estimate of drug-likeness (QED) is 0.460. The fraction of sp³-hybridized carbons (Fsp3) is 0.407. The number of amides is 2. The summed E-state index contributed by atoms with van der Waals surface area (Å²) in [5.41, 5.74) is 4.97. The summed E-state index contributed by atoms with van der Waals surface area (Å²) in [4.78, 5) is 19.5. The van der Waals surface area contributed by atoms with Crippen molar-refractivity contribution in [3.05, 3.63) is 71.6 Å². The second-order valence-electron chi connectivity index (χ2n) is 9.01. The van der Waals surface area contributed by atoms with E-state index in [-0.39, 0.29) is 6.03 Å². The second kappa shape index (κ2) is 11.1. The first kappa shape index (κ1) is 23.1. The second-order valence-corrected chi connectivity index (χ2v) is 9.01. The lowest BCUT2D eigenvalue weighted by Gasteiger charge is -2.31. The van der Waals surface area contributed by atoms with Crippen molar-refractivity contribution in [3.8, 4) is 11.5 Å². The summed E-state index contributed by atoms with van der Waals surface area (Å²) in [6.45, 7) is 3.37. The van der Waals surface area contributed by atoms with Crippen molar-refractivity contribution in [2.24, 2.45) is 0 Å². The molecule has 3 aromatic rings. The zero-order valence-electron chi connectivity index (χ0n) is 19.6. The minimum Gasteiger partial charge on any atom is -0.444 e. The number of anilines is 1. The van der Waals surface area contributed by atoms with E-state index < -0.39 is 0 Å². The van der Waals surface area contributed by atoms with Crippen molar-refractivity contribution in [3.63, 3.8) is 0 Å². The molecule has 0 spiro atoms. The molecule has 2 amide bonds. The van der Waals surface area contributed by atoms with Crippen molar-refractivity contribution in [1.29, 1.82) is 0 Å². The first-order chi connectivity index (χ1) is 16.1. The molecule has 2 N–H and O–H groups in total. The van der Waals surface area contributed by atoms with Crippen molar-refractivity contribution in [2.45, 2.75) is 58.0 Å². The van der Waals surface area contributed by atoms with Crippen LogP contribution < -0.4 is 10.6 Å². The van der Waals surface area contributed by atoms with Crippen LogP contribution in [-0.2, 0) is 13.0 Å². The highest BCUT2D eigenvalue weighted by Gasteiger charge is 2.19. The normalized spacial score (nSPS) is 14.4. The average molecular weight is 447 g/mol. The van der Waals surface area contributed by atoms with Gasteiger partial charge in [0.25, 0.3) is 0 Å². The standard InChI is InChI=1S/C27H34N4O2/c1-20-12-14-21(15-13-20)26-29-23(19-33-26)16-17-28-27(32)30-25-11-7-6-8-22(25)18-31(2)24-9-4-3-5-10-24/h6-8,11-15,19,24H,3-5,9-10,16-18H2,1-2H3,(H2,28,30,32). The Morgan fingerprint density at radius 1 is 1.09 bits per heavy atom. The summed E-state index contributed by atoms with van der Waals surface area (Å²) < 4.78 is 5.60. The molecular weight excluding hydrogens is 412 g/mol. The third kappa shape index (κ3) is 6.45. The molecule has 0 atom stereocenters. The summed E-state index contributed by atoms with van der Waals surface area (Å²) in [5.74, 6) is 0.602. The van der Waals surface area contributed by atoms with Crippen LogP contribution in [0, 0.1) is 6.92 Å². The average Bonchev–Trinajstić information content (AvgIpc) is 3.30. The van der Waals surface area contributed by atoms with Gasteiger partial charge in [-0.05, 0) is 50.6 Å². The van der Waals surface area contributed by atoms with Crippen molar-refractivity contribution in [1.82, 2.24) is 15.2 Å². The monoisotopic (exact) mass is 446 g/mol. The molecule has 0 radical (unpaired) electrons. The lowest BCUT2D eigenvalue weighted by molar-refractivity contribution is 0.185. The molecular formula is C27H34N4O2. The van der Waals surface area contributed by atoms with Gasteiger partial charge in [0.05, 0.1) is 5.69 Å². The van der Waals surface area contributed by atoms with Gasteiger partial charge in [0.15, 0.2) is 0 Å². The van der Waals surface area contributed by atoms with Crippen molar-refractivity contribution in [2.75, 3.05) is 18.9 Å². The number of nitrogens with one attached hydrogen (secondary N) is 2. The maximum Gasteiger partial charge on any atom is 0.319 e. The highest BCUT2D eigenvalue weighted by atomic mass is 16.3. The van der Waals surface area contributed by atoms with Gasteiger partial charge in [0, 0.05) is 36.8 Å². The number of rotatable bonds is 8. The molecule has 1 aliphatic rings. The highest BCUT2D eigenvalue weighted by Crippen LogP contribution is 2.25. The van der Waals surface area contributed by atoms with Crippen LogP contribution >= 0.6 is 0 Å². The topological polar surface area (TPSA) is 70.4 Å². The number of hydrogen-bond acceptors (Lipinski definition) is 4. The molecule has 6 heteroatoms. The first-order valence-corrected chi connectivity index (χ1v) is 11.9. The van der Waals surface area contributed by atoms with Gasteiger partial charge in [-0.15, -0.1) is 0 Å². The zero-order valence-corrected chi connectivity index (χ0v) is 19.6. The Balaban J connectivity index is 1.27. The number of benzene rings is 2. The van der Waals surface area contributed by atoms with Crippen LogP contribution in [0.5, 0.6) is 0 Å². The van der Waals surface area contributed by atoms with Crippen LogP contribution in [0.25, 0.3) is 11.5 Å². The van der Waals surface area contributed by atoms with Crippen molar-refractivity contribution < 1.29 is 9.21 Å². The number of carbonyl (C=O) groups is 1. The molecule has 0 saturated heterocycles. The first-order valence-electron chi connectivity index (χ1n) is 11.9. The largest absolute Gasteiger partial charge is 0.444 e. The van der Waals surface area contributed by atoms with Gasteiger partial charge in [0.2, 0.25) is 5.89 Å². The Morgan fingerprint density at radius 2 is 1.85 bits per heavy atom. The molecule has 33 heavy (non-hydrogen) atoms. The molecule has 0 bridgehead atoms. The predicted molar refractivity (Wildman–Crippen MR) is 132 cm³/mol. The van der Waals surface area contributed by atoms with E-state index in [1.807, 2.05) is 42.5 Å². The number of carbonyl (C=O) groups excluding carboxylic acids is 1. The Hall–Kier alpha value is -3.12. The van der Waals surface area contributed by atoms with E-state index >= 15 is 0 Å². The van der Waals surface area contributed by atoms with E-state index in [9.17, 15) is 4.79 Å². The SMILES string of the molecule is Cc1ccc(-c2nc(CCNC(=O)Nc3ccccc3CN(C)C3CCCCC3)co2)cc1. The Bertz CT molecular complexity index is 1040. The maximum atomic E-state index is 12.5. The Kier molecular flexibility index (Phi) is 7.79. The van der Waals surface area contributed by atoms with Gasteiger partial charge in [-0.1, -0.05) is 55.2 Å². The van der Waals surface area contributed by atoms with Gasteiger partial charge in [0.1, 0.15) is 6.26 Å². The van der Waals surface area contributed by atoms with E-state index in [4.69, 9.17) is 4.42 Å². The van der Waals surface area contributed by atoms with Crippen LogP contribution in [0.1, 0.15) is 48.9 Å². The minimum atomic E-state index is -0.204. The van der Waals surface area contributed by atoms with Crippen LogP contribution in [0.3, 0.4) is 0 Å². The fourth-order valence-corrected chi connectivity index (χ4v) is 4.42.